The zero-order chi connectivity index (χ0) is 12.4. The molecule has 0 bridgehead atoms. The molecule has 0 saturated carbocycles. The lowest BCUT2D eigenvalue weighted by Gasteiger charge is -2.21. The maximum atomic E-state index is 11.9. The zero-order valence-electron chi connectivity index (χ0n) is 10.5. The van der Waals surface area contributed by atoms with Gasteiger partial charge < -0.3 is 14.6 Å². The van der Waals surface area contributed by atoms with E-state index in [4.69, 9.17) is 0 Å². The molecule has 4 nitrogen and oxygen atoms in total. The molecule has 1 unspecified atom stereocenters. The van der Waals surface area contributed by atoms with Crippen molar-refractivity contribution in [2.45, 2.75) is 38.8 Å². The summed E-state index contributed by atoms with van der Waals surface area (Å²) < 4.78 is 1.98. The van der Waals surface area contributed by atoms with Crippen LogP contribution in [0.25, 0.3) is 0 Å². The van der Waals surface area contributed by atoms with Crippen LogP contribution >= 0.6 is 0 Å². The molecule has 17 heavy (non-hydrogen) atoms. The van der Waals surface area contributed by atoms with E-state index in [1.54, 1.807) is 4.90 Å². The van der Waals surface area contributed by atoms with Crippen LogP contribution in [0, 0.1) is 0 Å². The highest BCUT2D eigenvalue weighted by atomic mass is 16.3. The van der Waals surface area contributed by atoms with Gasteiger partial charge in [0.2, 0.25) is 5.91 Å². The minimum Gasteiger partial charge on any atom is -0.388 e. The van der Waals surface area contributed by atoms with Crippen LogP contribution in [-0.4, -0.2) is 34.1 Å². The summed E-state index contributed by atoms with van der Waals surface area (Å²) in [5.41, 5.74) is 2.13. The van der Waals surface area contributed by atoms with Gasteiger partial charge in [0.1, 0.15) is 6.54 Å². The Morgan fingerprint density at radius 2 is 2.41 bits per heavy atom. The summed E-state index contributed by atoms with van der Waals surface area (Å²) in [6, 6.07) is 1.94. The fourth-order valence-electron chi connectivity index (χ4n) is 2.32. The maximum Gasteiger partial charge on any atom is 0.242 e. The number of rotatable bonds is 3. The molecule has 4 heteroatoms. The fourth-order valence-corrected chi connectivity index (χ4v) is 2.32. The quantitative estimate of drug-likeness (QED) is 0.860. The number of hydrogen-bond acceptors (Lipinski definition) is 2. The molecule has 0 spiro atoms. The molecule has 1 heterocycles. The number of likely N-dealkylation sites (N-methyl/N-ethyl adjacent to an activating group) is 1. The number of nitrogens with zero attached hydrogens (tertiary/aromatic N) is 2. The van der Waals surface area contributed by atoms with Crippen LogP contribution in [0.4, 0.5) is 0 Å². The van der Waals surface area contributed by atoms with Gasteiger partial charge >= 0.3 is 0 Å². The fraction of sp³-hybridized carbons (Fsp3) is 0.615. The van der Waals surface area contributed by atoms with E-state index in [2.05, 4.69) is 0 Å². The maximum absolute atomic E-state index is 11.9. The predicted octanol–water partition coefficient (Wildman–Crippen LogP) is 1.34. The summed E-state index contributed by atoms with van der Waals surface area (Å²) in [6.07, 6.45) is 4.36. The number of amides is 1. The Labute approximate surface area is 102 Å². The number of aliphatic hydroxyl groups excluding tert-OH is 1. The van der Waals surface area contributed by atoms with Gasteiger partial charge in [0.25, 0.3) is 0 Å². The summed E-state index contributed by atoms with van der Waals surface area (Å²) in [6.45, 7) is 3.07. The first-order chi connectivity index (χ1) is 8.13. The summed E-state index contributed by atoms with van der Waals surface area (Å²) in [7, 11) is 1.81. The van der Waals surface area contributed by atoms with Crippen molar-refractivity contribution >= 4 is 5.91 Å². The van der Waals surface area contributed by atoms with Crippen LogP contribution in [0.1, 0.15) is 37.1 Å². The normalized spacial score (nSPS) is 18.9. The smallest absolute Gasteiger partial charge is 0.242 e. The number of aliphatic hydroxyl groups is 1. The van der Waals surface area contributed by atoms with Crippen molar-refractivity contribution in [3.8, 4) is 0 Å². The van der Waals surface area contributed by atoms with Crippen molar-refractivity contribution in [2.75, 3.05) is 13.6 Å². The monoisotopic (exact) mass is 236 g/mol. The van der Waals surface area contributed by atoms with Crippen molar-refractivity contribution in [3.63, 3.8) is 0 Å². The van der Waals surface area contributed by atoms with Crippen LogP contribution < -0.4 is 0 Å². The van der Waals surface area contributed by atoms with E-state index in [0.29, 0.717) is 6.54 Å². The van der Waals surface area contributed by atoms with Crippen molar-refractivity contribution in [2.24, 2.45) is 0 Å². The lowest BCUT2D eigenvalue weighted by molar-refractivity contribution is -0.130. The minimum atomic E-state index is -0.348. The average Bonchev–Trinajstić information content (AvgIpc) is 2.73. The highest BCUT2D eigenvalue weighted by molar-refractivity contribution is 5.75. The molecule has 2 rings (SSSR count). The SMILES string of the molecule is CCN(C)C(=O)Cn1ccc2c1CCCC2O. The third-order valence-electron chi connectivity index (χ3n) is 3.57. The van der Waals surface area contributed by atoms with E-state index >= 15 is 0 Å². The molecule has 0 saturated heterocycles. The lowest BCUT2D eigenvalue weighted by Crippen LogP contribution is -2.30. The van der Waals surface area contributed by atoms with Gasteiger partial charge in [-0.2, -0.15) is 0 Å². The molecule has 0 aromatic carbocycles. The first-order valence-electron chi connectivity index (χ1n) is 6.23. The molecule has 1 aliphatic carbocycles. The Bertz CT molecular complexity index is 412. The molecule has 1 atom stereocenters. The number of aromatic nitrogens is 1. The van der Waals surface area contributed by atoms with Crippen LogP contribution in [0.2, 0.25) is 0 Å². The summed E-state index contributed by atoms with van der Waals surface area (Å²) >= 11 is 0. The van der Waals surface area contributed by atoms with Crippen LogP contribution in [0.5, 0.6) is 0 Å². The Morgan fingerprint density at radius 3 is 3.12 bits per heavy atom. The number of hydrogen-bond donors (Lipinski definition) is 1. The van der Waals surface area contributed by atoms with Crippen molar-refractivity contribution < 1.29 is 9.90 Å². The lowest BCUT2D eigenvalue weighted by atomic mass is 9.95. The van der Waals surface area contributed by atoms with E-state index in [1.165, 1.54) is 0 Å². The summed E-state index contributed by atoms with van der Waals surface area (Å²) in [5.74, 6) is 0.117. The molecule has 94 valence electrons. The minimum absolute atomic E-state index is 0.117. The third kappa shape index (κ3) is 2.36. The molecule has 1 aliphatic rings. The van der Waals surface area contributed by atoms with Crippen molar-refractivity contribution in [3.05, 3.63) is 23.5 Å². The molecule has 1 aromatic heterocycles. The van der Waals surface area contributed by atoms with Crippen LogP contribution in [0.15, 0.2) is 12.3 Å². The Kier molecular flexibility index (Phi) is 3.52. The van der Waals surface area contributed by atoms with E-state index in [1.807, 2.05) is 30.8 Å². The number of carbonyl (C=O) groups excluding carboxylic acids is 1. The van der Waals surface area contributed by atoms with Gasteiger partial charge in [-0.05, 0) is 32.3 Å². The molecule has 0 radical (unpaired) electrons. The molecule has 0 aliphatic heterocycles. The topological polar surface area (TPSA) is 45.5 Å². The second kappa shape index (κ2) is 4.92. The largest absolute Gasteiger partial charge is 0.388 e. The second-order valence-electron chi connectivity index (χ2n) is 4.66. The highest BCUT2D eigenvalue weighted by Crippen LogP contribution is 2.30. The first-order valence-corrected chi connectivity index (χ1v) is 6.23. The summed E-state index contributed by atoms with van der Waals surface area (Å²) in [5, 5.41) is 9.86. The van der Waals surface area contributed by atoms with Crippen LogP contribution in [-0.2, 0) is 17.8 Å². The number of fused-ring (bicyclic) bond motifs is 1. The van der Waals surface area contributed by atoms with Gasteiger partial charge in [-0.25, -0.2) is 0 Å². The van der Waals surface area contributed by atoms with Crippen LogP contribution in [0.3, 0.4) is 0 Å². The highest BCUT2D eigenvalue weighted by Gasteiger charge is 2.22. The van der Waals surface area contributed by atoms with Gasteiger partial charge in [-0.3, -0.25) is 4.79 Å². The average molecular weight is 236 g/mol. The molecule has 1 amide bonds. The van der Waals surface area contributed by atoms with Gasteiger partial charge in [0.05, 0.1) is 6.10 Å². The second-order valence-corrected chi connectivity index (χ2v) is 4.66. The van der Waals surface area contributed by atoms with E-state index in [9.17, 15) is 9.90 Å². The Hall–Kier alpha value is -1.29. The van der Waals surface area contributed by atoms with Gasteiger partial charge in [0, 0.05) is 31.0 Å². The first kappa shape index (κ1) is 12.2. The standard InChI is InChI=1S/C13H20N2O2/c1-3-14(2)13(17)9-15-8-7-10-11(15)5-4-6-12(10)16/h7-8,12,16H,3-6,9H2,1-2H3. The predicted molar refractivity (Wildman–Crippen MR) is 65.6 cm³/mol. The van der Waals surface area contributed by atoms with E-state index in [0.717, 1.165) is 37.1 Å². The van der Waals surface area contributed by atoms with Gasteiger partial charge in [-0.1, -0.05) is 0 Å². The van der Waals surface area contributed by atoms with E-state index < -0.39 is 0 Å². The molecule has 1 N–H and O–H groups in total. The molecule has 1 aromatic rings. The Balaban J connectivity index is 2.15. The number of carbonyl (C=O) groups is 1. The molecule has 0 fully saturated rings. The zero-order valence-corrected chi connectivity index (χ0v) is 10.5. The van der Waals surface area contributed by atoms with E-state index in [-0.39, 0.29) is 12.0 Å². The van der Waals surface area contributed by atoms with Gasteiger partial charge in [-0.15, -0.1) is 0 Å². The molecular weight excluding hydrogens is 216 g/mol. The van der Waals surface area contributed by atoms with Crippen molar-refractivity contribution in [1.29, 1.82) is 0 Å². The third-order valence-corrected chi connectivity index (χ3v) is 3.57. The Morgan fingerprint density at radius 1 is 1.65 bits per heavy atom. The van der Waals surface area contributed by atoms with Crippen molar-refractivity contribution in [1.82, 2.24) is 9.47 Å². The summed E-state index contributed by atoms with van der Waals surface area (Å²) in [4.78, 5) is 13.6. The molecular formula is C13H20N2O2. The van der Waals surface area contributed by atoms with Gasteiger partial charge in [0.15, 0.2) is 0 Å².